The van der Waals surface area contributed by atoms with E-state index in [2.05, 4.69) is 22.8 Å². The molecule has 144 valence electrons. The van der Waals surface area contributed by atoms with E-state index < -0.39 is 0 Å². The van der Waals surface area contributed by atoms with E-state index in [1.807, 2.05) is 37.1 Å². The quantitative estimate of drug-likeness (QED) is 0.513. The highest BCUT2D eigenvalue weighted by molar-refractivity contribution is 5.96. The Bertz CT molecular complexity index is 913. The van der Waals surface area contributed by atoms with Crippen molar-refractivity contribution >= 4 is 29.9 Å². The zero-order valence-corrected chi connectivity index (χ0v) is 16.0. The highest BCUT2D eigenvalue weighted by Gasteiger charge is 2.32. The van der Waals surface area contributed by atoms with Crippen LogP contribution >= 0.6 is 0 Å². The van der Waals surface area contributed by atoms with Gasteiger partial charge in [0.25, 0.3) is 5.91 Å². The number of hydrogen-bond acceptors (Lipinski definition) is 4. The zero-order chi connectivity index (χ0) is 20.1. The van der Waals surface area contributed by atoms with Crippen LogP contribution in [0, 0.1) is 12.3 Å². The molecule has 6 heteroatoms. The zero-order valence-electron chi connectivity index (χ0n) is 16.0. The van der Waals surface area contributed by atoms with Crippen molar-refractivity contribution in [2.24, 2.45) is 0 Å². The van der Waals surface area contributed by atoms with Gasteiger partial charge in [0, 0.05) is 49.2 Å². The van der Waals surface area contributed by atoms with Gasteiger partial charge in [-0.05, 0) is 41.8 Å². The number of carbonyl (C=O) groups is 2. The Balaban J connectivity index is 1.65. The molecule has 6 nitrogen and oxygen atoms in total. The predicted octanol–water partition coefficient (Wildman–Crippen LogP) is 3.01. The van der Waals surface area contributed by atoms with Gasteiger partial charge in [-0.3, -0.25) is 9.59 Å². The summed E-state index contributed by atoms with van der Waals surface area (Å²) in [6.45, 7) is 3.25. The van der Waals surface area contributed by atoms with Crippen molar-refractivity contribution in [3.8, 4) is 0 Å². The Labute approximate surface area is 164 Å². The molecule has 1 aliphatic rings. The third-order valence-corrected chi connectivity index (χ3v) is 5.08. The fraction of sp³-hybridized carbons (Fsp3) is 0.227. The van der Waals surface area contributed by atoms with Crippen LogP contribution in [0.2, 0.25) is 0 Å². The minimum atomic E-state index is -0.0202. The first-order valence-corrected chi connectivity index (χ1v) is 9.16. The number of aryl methyl sites for hydroxylation is 1. The molecule has 0 spiro atoms. The van der Waals surface area contributed by atoms with E-state index in [0.717, 1.165) is 16.8 Å². The van der Waals surface area contributed by atoms with Crippen molar-refractivity contribution in [2.45, 2.75) is 12.8 Å². The summed E-state index contributed by atoms with van der Waals surface area (Å²) < 4.78 is 0. The second-order valence-electron chi connectivity index (χ2n) is 6.82. The van der Waals surface area contributed by atoms with E-state index in [9.17, 15) is 9.59 Å². The van der Waals surface area contributed by atoms with E-state index in [1.165, 1.54) is 11.8 Å². The Hall–Kier alpha value is -3.41. The SMILES string of the molecule is CN/C(=C\C=N)c1ccc(C2CN(C(=O)c3ccc(C)c(NC=O)c3)C2)cc1. The fourth-order valence-corrected chi connectivity index (χ4v) is 3.35. The number of benzene rings is 2. The monoisotopic (exact) mass is 376 g/mol. The van der Waals surface area contributed by atoms with Crippen LogP contribution < -0.4 is 10.6 Å². The second kappa shape index (κ2) is 8.52. The fourth-order valence-electron chi connectivity index (χ4n) is 3.35. The minimum absolute atomic E-state index is 0.0202. The molecule has 0 aromatic heterocycles. The molecule has 2 aromatic rings. The molecule has 3 rings (SSSR count). The maximum absolute atomic E-state index is 12.7. The molecule has 2 aromatic carbocycles. The molecule has 0 unspecified atom stereocenters. The summed E-state index contributed by atoms with van der Waals surface area (Å²) >= 11 is 0. The number of carbonyl (C=O) groups excluding carboxylic acids is 2. The van der Waals surface area contributed by atoms with Gasteiger partial charge in [-0.25, -0.2) is 0 Å². The van der Waals surface area contributed by atoms with Gasteiger partial charge in [-0.2, -0.15) is 0 Å². The largest absolute Gasteiger partial charge is 0.388 e. The van der Waals surface area contributed by atoms with Crippen LogP contribution in [0.3, 0.4) is 0 Å². The summed E-state index contributed by atoms with van der Waals surface area (Å²) in [7, 11) is 1.83. The first kappa shape index (κ1) is 19.4. The van der Waals surface area contributed by atoms with E-state index in [0.29, 0.717) is 36.7 Å². The molecular formula is C22H24N4O2. The van der Waals surface area contributed by atoms with Crippen LogP contribution in [-0.2, 0) is 4.79 Å². The molecule has 0 radical (unpaired) electrons. The number of allylic oxidation sites excluding steroid dienone is 1. The highest BCUT2D eigenvalue weighted by atomic mass is 16.2. The summed E-state index contributed by atoms with van der Waals surface area (Å²) in [6.07, 6.45) is 3.60. The third-order valence-electron chi connectivity index (χ3n) is 5.08. The second-order valence-corrected chi connectivity index (χ2v) is 6.82. The van der Waals surface area contributed by atoms with Gasteiger partial charge in [-0.1, -0.05) is 30.3 Å². The molecule has 3 N–H and O–H groups in total. The molecule has 1 aliphatic heterocycles. The average Bonchev–Trinajstić information content (AvgIpc) is 2.67. The van der Waals surface area contributed by atoms with Gasteiger partial charge in [0.1, 0.15) is 0 Å². The van der Waals surface area contributed by atoms with Gasteiger partial charge in [0.15, 0.2) is 0 Å². The maximum atomic E-state index is 12.7. The Kier molecular flexibility index (Phi) is 5.89. The number of likely N-dealkylation sites (tertiary alicyclic amines) is 1. The molecule has 28 heavy (non-hydrogen) atoms. The lowest BCUT2D eigenvalue weighted by atomic mass is 9.90. The summed E-state index contributed by atoms with van der Waals surface area (Å²) in [5, 5.41) is 12.9. The van der Waals surface area contributed by atoms with E-state index >= 15 is 0 Å². The van der Waals surface area contributed by atoms with Crippen LogP contribution in [0.4, 0.5) is 5.69 Å². The number of amides is 2. The molecule has 0 atom stereocenters. The maximum Gasteiger partial charge on any atom is 0.253 e. The van der Waals surface area contributed by atoms with Gasteiger partial charge in [0.05, 0.1) is 0 Å². The van der Waals surface area contributed by atoms with Gasteiger partial charge in [0.2, 0.25) is 6.41 Å². The molecule has 1 fully saturated rings. The third kappa shape index (κ3) is 3.96. The lowest BCUT2D eigenvalue weighted by Gasteiger charge is -2.39. The first-order valence-electron chi connectivity index (χ1n) is 9.16. The van der Waals surface area contributed by atoms with E-state index in [-0.39, 0.29) is 5.91 Å². The van der Waals surface area contributed by atoms with Crippen LogP contribution in [0.5, 0.6) is 0 Å². The van der Waals surface area contributed by atoms with Crippen molar-refractivity contribution in [3.05, 3.63) is 70.8 Å². The van der Waals surface area contributed by atoms with Crippen LogP contribution in [-0.4, -0.2) is 43.6 Å². The van der Waals surface area contributed by atoms with Crippen LogP contribution in [0.15, 0.2) is 48.5 Å². The molecule has 1 heterocycles. The standard InChI is InChI=1S/C22H24N4O2/c1-15-3-4-18(11-21(15)25-14-27)22(28)26-12-19(13-26)16-5-7-17(8-6-16)20(24-2)9-10-23/h3-11,14,19,23-24H,12-13H2,1-2H3,(H,25,27)/b20-9-,23-10?. The molecule has 0 saturated carbocycles. The summed E-state index contributed by atoms with van der Waals surface area (Å²) in [5.74, 6) is 0.300. The van der Waals surface area contributed by atoms with Crippen molar-refractivity contribution in [1.82, 2.24) is 10.2 Å². The number of nitrogens with zero attached hydrogens (tertiary/aromatic N) is 1. The number of hydrogen-bond donors (Lipinski definition) is 3. The van der Waals surface area contributed by atoms with Gasteiger partial charge in [-0.15, -0.1) is 0 Å². The van der Waals surface area contributed by atoms with Crippen molar-refractivity contribution in [1.29, 1.82) is 5.41 Å². The Morgan fingerprint density at radius 2 is 1.82 bits per heavy atom. The lowest BCUT2D eigenvalue weighted by Crippen LogP contribution is -2.48. The van der Waals surface area contributed by atoms with E-state index in [4.69, 9.17) is 5.41 Å². The van der Waals surface area contributed by atoms with Crippen molar-refractivity contribution in [2.75, 3.05) is 25.5 Å². The molecule has 0 bridgehead atoms. The van der Waals surface area contributed by atoms with Gasteiger partial charge >= 0.3 is 0 Å². The lowest BCUT2D eigenvalue weighted by molar-refractivity contribution is -0.105. The van der Waals surface area contributed by atoms with Crippen LogP contribution in [0.1, 0.15) is 33.0 Å². The van der Waals surface area contributed by atoms with Gasteiger partial charge < -0.3 is 20.9 Å². The molecular weight excluding hydrogens is 352 g/mol. The first-order chi connectivity index (χ1) is 13.6. The Morgan fingerprint density at radius 1 is 1.14 bits per heavy atom. The van der Waals surface area contributed by atoms with Crippen molar-refractivity contribution in [3.63, 3.8) is 0 Å². The smallest absolute Gasteiger partial charge is 0.253 e. The van der Waals surface area contributed by atoms with Crippen molar-refractivity contribution < 1.29 is 9.59 Å². The Morgan fingerprint density at radius 3 is 2.43 bits per heavy atom. The highest BCUT2D eigenvalue weighted by Crippen LogP contribution is 2.30. The number of anilines is 1. The summed E-state index contributed by atoms with van der Waals surface area (Å²) in [4.78, 5) is 25.2. The number of nitrogens with one attached hydrogen (secondary N) is 3. The van der Waals surface area contributed by atoms with Crippen LogP contribution in [0.25, 0.3) is 5.70 Å². The summed E-state index contributed by atoms with van der Waals surface area (Å²) in [5.41, 5.74) is 5.28. The predicted molar refractivity (Wildman–Crippen MR) is 112 cm³/mol. The average molecular weight is 376 g/mol. The topological polar surface area (TPSA) is 85.3 Å². The molecule has 0 aliphatic carbocycles. The number of rotatable bonds is 7. The minimum Gasteiger partial charge on any atom is -0.388 e. The molecule has 2 amide bonds. The normalized spacial score (nSPS) is 14.2. The molecule has 1 saturated heterocycles. The van der Waals surface area contributed by atoms with E-state index in [1.54, 1.807) is 18.2 Å². The summed E-state index contributed by atoms with van der Waals surface area (Å²) in [6, 6.07) is 13.6.